The molecule has 0 bridgehead atoms. The van der Waals surface area contributed by atoms with Gasteiger partial charge in [0.1, 0.15) is 27.7 Å². The molecule has 0 fully saturated rings. The van der Waals surface area contributed by atoms with Gasteiger partial charge in [-0.05, 0) is 104 Å². The number of nitrogens with zero attached hydrogens (tertiary/aromatic N) is 7. The Morgan fingerprint density at radius 3 is 1.87 bits per heavy atom. The Bertz CT molecular complexity index is 3060. The number of methoxy groups -OCH3 is 3. The third-order valence-electron chi connectivity index (χ3n) is 10.9. The first kappa shape index (κ1) is 47.9. The van der Waals surface area contributed by atoms with Crippen LogP contribution < -0.4 is 25.3 Å². The molecule has 2 aromatic heterocycles. The summed E-state index contributed by atoms with van der Waals surface area (Å²) in [4.78, 5) is 17.6. The van der Waals surface area contributed by atoms with Gasteiger partial charge >= 0.3 is 6.09 Å². The van der Waals surface area contributed by atoms with Crippen molar-refractivity contribution in [2.45, 2.75) is 68.0 Å². The third-order valence-corrected chi connectivity index (χ3v) is 15.1. The van der Waals surface area contributed by atoms with Gasteiger partial charge in [-0.2, -0.15) is 9.10 Å². The van der Waals surface area contributed by atoms with Gasteiger partial charge in [0.15, 0.2) is 9.84 Å². The number of amides is 1. The molecule has 0 aliphatic heterocycles. The normalized spacial score (nSPS) is 12.6. The molecule has 0 unspecified atom stereocenters. The summed E-state index contributed by atoms with van der Waals surface area (Å²) in [6, 6.07) is 29.0. The van der Waals surface area contributed by atoms with Crippen LogP contribution in [0.15, 0.2) is 113 Å². The summed E-state index contributed by atoms with van der Waals surface area (Å²) in [7, 11) is -3.26. The Hall–Kier alpha value is -7.03. The van der Waals surface area contributed by atoms with Gasteiger partial charge in [-0.25, -0.2) is 26.6 Å². The molecule has 5 aromatic carbocycles. The number of benzene rings is 5. The maximum absolute atomic E-state index is 16.1. The largest absolute Gasteiger partial charge is 0.497 e. The number of nitrogen functional groups attached to an aromatic ring is 1. The van der Waals surface area contributed by atoms with Gasteiger partial charge in [-0.3, -0.25) is 0 Å². The van der Waals surface area contributed by atoms with E-state index in [1.165, 1.54) is 42.4 Å². The fourth-order valence-electron chi connectivity index (χ4n) is 7.34. The van der Waals surface area contributed by atoms with E-state index in [0.717, 1.165) is 5.56 Å². The second kappa shape index (κ2) is 19.4. The molecule has 352 valence electrons. The summed E-state index contributed by atoms with van der Waals surface area (Å²) in [6.45, 7) is 5.70. The van der Waals surface area contributed by atoms with Crippen LogP contribution in [-0.4, -0.2) is 95.7 Å². The van der Waals surface area contributed by atoms with Crippen molar-refractivity contribution in [1.29, 1.82) is 0 Å². The molecule has 7 aromatic rings. The van der Waals surface area contributed by atoms with Crippen molar-refractivity contribution >= 4 is 42.9 Å². The molecule has 0 radical (unpaired) electrons. The van der Waals surface area contributed by atoms with Crippen LogP contribution >= 0.6 is 0 Å². The lowest BCUT2D eigenvalue weighted by molar-refractivity contribution is 0.0528. The van der Waals surface area contributed by atoms with Gasteiger partial charge in [0.25, 0.3) is 0 Å². The second-order valence-corrected chi connectivity index (χ2v) is 20.9. The van der Waals surface area contributed by atoms with Gasteiger partial charge in [0.05, 0.1) is 54.6 Å². The maximum atomic E-state index is 16.1. The van der Waals surface area contributed by atoms with E-state index in [9.17, 15) is 4.79 Å². The Morgan fingerprint density at radius 2 is 1.33 bits per heavy atom. The van der Waals surface area contributed by atoms with E-state index in [1.54, 1.807) is 112 Å². The number of nitrogens with one attached hydrogen (secondary N) is 1. The van der Waals surface area contributed by atoms with Crippen LogP contribution in [-0.2, 0) is 51.3 Å². The van der Waals surface area contributed by atoms with Crippen molar-refractivity contribution in [3.8, 4) is 39.8 Å². The predicted molar refractivity (Wildman–Crippen MR) is 253 cm³/mol. The summed E-state index contributed by atoms with van der Waals surface area (Å²) in [5.74, 6) is 1.75. The lowest BCUT2D eigenvalue weighted by Gasteiger charge is -2.27. The fraction of sp³-hybridized carbons (Fsp3) is 0.298. The first-order chi connectivity index (χ1) is 31.8. The van der Waals surface area contributed by atoms with Crippen molar-refractivity contribution in [3.05, 3.63) is 120 Å². The molecule has 18 nitrogen and oxygen atoms in total. The molecule has 1 atom stereocenters. The highest BCUT2D eigenvalue weighted by molar-refractivity contribution is 7.94. The van der Waals surface area contributed by atoms with Crippen molar-refractivity contribution < 1.29 is 40.6 Å². The van der Waals surface area contributed by atoms with Gasteiger partial charge < -0.3 is 34.6 Å². The number of hydrogen-bond donors (Lipinski definition) is 2. The lowest BCUT2D eigenvalue weighted by atomic mass is 9.98. The van der Waals surface area contributed by atoms with Gasteiger partial charge in [0, 0.05) is 32.2 Å². The number of rotatable bonds is 17. The molecule has 0 aliphatic carbocycles. The Kier molecular flexibility index (Phi) is 13.9. The van der Waals surface area contributed by atoms with E-state index in [1.807, 2.05) is 18.2 Å². The Morgan fingerprint density at radius 1 is 0.776 bits per heavy atom. The average molecular weight is 952 g/mol. The predicted octanol–water partition coefficient (Wildman–Crippen LogP) is 6.63. The van der Waals surface area contributed by atoms with Crippen LogP contribution in [0, 0.1) is 0 Å². The van der Waals surface area contributed by atoms with E-state index in [-0.39, 0.29) is 42.5 Å². The molecule has 0 aliphatic rings. The molecule has 0 spiro atoms. The summed E-state index contributed by atoms with van der Waals surface area (Å²) in [6.07, 6.45) is -0.844. The number of fused-ring (bicyclic) bond motifs is 1. The first-order valence-electron chi connectivity index (χ1n) is 21.1. The minimum atomic E-state index is -4.96. The summed E-state index contributed by atoms with van der Waals surface area (Å²) in [5.41, 5.74) is 8.94. The fourth-order valence-corrected chi connectivity index (χ4v) is 11.0. The van der Waals surface area contributed by atoms with Crippen LogP contribution in [0.5, 0.6) is 17.2 Å². The molecular formula is C47H53N9O9S2. The van der Waals surface area contributed by atoms with Crippen LogP contribution in [0.2, 0.25) is 0 Å². The number of ether oxygens (including phenoxy) is 4. The number of alkyl carbamates (subject to hydrolysis) is 1. The topological polar surface area (TPSA) is 225 Å². The third kappa shape index (κ3) is 10.5. The maximum Gasteiger partial charge on any atom is 0.407 e. The van der Waals surface area contributed by atoms with Crippen molar-refractivity contribution in [2.75, 3.05) is 33.6 Å². The number of aromatic nitrogens is 6. The van der Waals surface area contributed by atoms with Crippen molar-refractivity contribution in [3.63, 3.8) is 0 Å². The van der Waals surface area contributed by atoms with Crippen LogP contribution in [0.3, 0.4) is 0 Å². The lowest BCUT2D eigenvalue weighted by Crippen LogP contribution is -2.39. The summed E-state index contributed by atoms with van der Waals surface area (Å²) < 4.78 is 87.0. The van der Waals surface area contributed by atoms with Gasteiger partial charge in [0.2, 0.25) is 21.8 Å². The zero-order valence-electron chi connectivity index (χ0n) is 38.4. The number of hydrogen-bond acceptors (Lipinski definition) is 14. The molecule has 0 saturated carbocycles. The first-order valence-corrected chi connectivity index (χ1v) is 24.1. The van der Waals surface area contributed by atoms with E-state index in [4.69, 9.17) is 29.8 Å². The molecule has 1 amide bonds. The zero-order chi connectivity index (χ0) is 48.3. The number of tetrazole rings is 1. The highest BCUT2D eigenvalue weighted by Gasteiger charge is 2.40. The molecule has 67 heavy (non-hydrogen) atoms. The average Bonchev–Trinajstić information content (AvgIpc) is 3.89. The SMILES string of the molecule is COc1ccc(CN(Cc2ccc(OC)cc2)S(=O)(=O)c2c(S(=O)(=O)[C@@H](C)CNC(=O)OC(C)(C)C)ccc(-c3cccc4c3nc(N)n4C)c2-c2nnn(Cc3ccc(OC)cc3)n2)cc1. The number of aryl methyl sites for hydroxylation is 1. The smallest absolute Gasteiger partial charge is 0.407 e. The quantitative estimate of drug-likeness (QED) is 0.0978. The van der Waals surface area contributed by atoms with E-state index >= 15 is 16.8 Å². The highest BCUT2D eigenvalue weighted by atomic mass is 32.2. The highest BCUT2D eigenvalue weighted by Crippen LogP contribution is 2.44. The number of sulfonamides is 1. The number of anilines is 1. The summed E-state index contributed by atoms with van der Waals surface area (Å²) >= 11 is 0. The molecular weight excluding hydrogens is 899 g/mol. The van der Waals surface area contributed by atoms with Gasteiger partial charge in [-0.15, -0.1) is 10.2 Å². The number of sulfone groups is 1. The minimum Gasteiger partial charge on any atom is -0.497 e. The Labute approximate surface area is 389 Å². The number of imidazole rings is 1. The van der Waals surface area contributed by atoms with Crippen LogP contribution in [0.25, 0.3) is 33.5 Å². The van der Waals surface area contributed by atoms with E-state index in [0.29, 0.717) is 45.0 Å². The second-order valence-electron chi connectivity index (χ2n) is 16.7. The van der Waals surface area contributed by atoms with E-state index < -0.39 is 53.1 Å². The van der Waals surface area contributed by atoms with Crippen molar-refractivity contribution in [2.24, 2.45) is 7.05 Å². The Balaban J connectivity index is 1.51. The van der Waals surface area contributed by atoms with Crippen LogP contribution in [0.1, 0.15) is 44.4 Å². The van der Waals surface area contributed by atoms with Crippen LogP contribution in [0.4, 0.5) is 10.7 Å². The van der Waals surface area contributed by atoms with Gasteiger partial charge in [-0.1, -0.05) is 54.6 Å². The number of para-hydroxylation sites is 1. The number of carbonyl (C=O) groups is 1. The van der Waals surface area contributed by atoms with E-state index in [2.05, 4.69) is 20.6 Å². The molecule has 20 heteroatoms. The zero-order valence-corrected chi connectivity index (χ0v) is 40.1. The monoisotopic (exact) mass is 951 g/mol. The standard InChI is InChI=1S/C47H53N9O9S2/c1-30(26-49-46(57)65-47(2,3)4)66(58,59)40-25-24-37(38-10-9-11-39-42(38)50-45(48)54(39)5)41(44-51-53-56(52-44)29-33-16-22-36(64-8)23-17-33)43(40)67(60,61)55(27-31-12-18-34(62-6)19-13-31)28-32-14-20-35(63-7)21-15-32/h9-25,30H,26-29H2,1-8H3,(H2,48,50)(H,49,57)/t30-/m0/s1. The minimum absolute atomic E-state index is 0.118. The molecule has 7 rings (SSSR count). The molecule has 2 heterocycles. The number of carbonyl (C=O) groups excluding carboxylic acids is 1. The van der Waals surface area contributed by atoms with Crippen molar-refractivity contribution in [1.82, 2.24) is 39.4 Å². The summed E-state index contributed by atoms with van der Waals surface area (Å²) in [5, 5.41) is 14.7. The molecule has 3 N–H and O–H groups in total. The molecule has 0 saturated heterocycles. The number of nitrogens with two attached hydrogens (primary N) is 1.